The molecule has 5 nitrogen and oxygen atoms in total. The van der Waals surface area contributed by atoms with Crippen molar-refractivity contribution in [2.24, 2.45) is 5.11 Å². The molecule has 0 atom stereocenters. The Balaban J connectivity index is 3.03. The molecule has 5 heteroatoms. The lowest BCUT2D eigenvalue weighted by atomic mass is 10.1. The summed E-state index contributed by atoms with van der Waals surface area (Å²) >= 11 is 0. The topological polar surface area (TPSA) is 75.1 Å². The first-order chi connectivity index (χ1) is 8.21. The van der Waals surface area contributed by atoms with Crippen molar-refractivity contribution < 1.29 is 9.53 Å². The summed E-state index contributed by atoms with van der Waals surface area (Å²) in [5, 5.41) is 3.30. The van der Waals surface area contributed by atoms with E-state index in [1.807, 2.05) is 24.3 Å². The van der Waals surface area contributed by atoms with Gasteiger partial charge in [-0.15, -0.1) is 0 Å². The maximum absolute atomic E-state index is 11.3. The average Bonchev–Trinajstić information content (AvgIpc) is 2.38. The lowest BCUT2D eigenvalue weighted by Gasteiger charge is -2.00. The second-order valence-corrected chi connectivity index (χ2v) is 3.31. The third kappa shape index (κ3) is 3.66. The van der Waals surface area contributed by atoms with Gasteiger partial charge < -0.3 is 4.74 Å². The third-order valence-corrected chi connectivity index (χ3v) is 2.24. The summed E-state index contributed by atoms with van der Waals surface area (Å²) in [5.41, 5.74) is 10.3. The molecule has 0 bridgehead atoms. The SMILES string of the molecule is CCc1ccc(/C=C(/N=[N+]=[N-])C(=O)OC)cc1. The fourth-order valence-corrected chi connectivity index (χ4v) is 1.29. The minimum atomic E-state index is -0.651. The van der Waals surface area contributed by atoms with Gasteiger partial charge in [0.2, 0.25) is 0 Å². The van der Waals surface area contributed by atoms with Gasteiger partial charge in [-0.05, 0) is 29.2 Å². The second kappa shape index (κ2) is 6.35. The van der Waals surface area contributed by atoms with Crippen LogP contribution in [0.4, 0.5) is 0 Å². The number of benzene rings is 1. The van der Waals surface area contributed by atoms with Crippen molar-refractivity contribution in [3.8, 4) is 0 Å². The average molecular weight is 231 g/mol. The zero-order valence-electron chi connectivity index (χ0n) is 9.75. The Hall–Kier alpha value is -2.26. The number of hydrogen-bond donors (Lipinski definition) is 0. The molecule has 0 amide bonds. The minimum absolute atomic E-state index is 0.0563. The molecule has 1 aromatic rings. The van der Waals surface area contributed by atoms with Crippen LogP contribution in [-0.2, 0) is 16.0 Å². The molecule has 0 aliphatic rings. The second-order valence-electron chi connectivity index (χ2n) is 3.31. The molecule has 0 saturated carbocycles. The van der Waals surface area contributed by atoms with Crippen LogP contribution in [-0.4, -0.2) is 13.1 Å². The molecule has 17 heavy (non-hydrogen) atoms. The predicted octanol–water partition coefficient (Wildman–Crippen LogP) is 3.07. The van der Waals surface area contributed by atoms with Gasteiger partial charge in [0.15, 0.2) is 0 Å². The third-order valence-electron chi connectivity index (χ3n) is 2.24. The Bertz CT molecular complexity index is 471. The molecule has 0 N–H and O–H groups in total. The van der Waals surface area contributed by atoms with Crippen LogP contribution in [0.5, 0.6) is 0 Å². The van der Waals surface area contributed by atoms with Crippen LogP contribution in [0.2, 0.25) is 0 Å². The highest BCUT2D eigenvalue weighted by Gasteiger charge is 2.06. The molecular weight excluding hydrogens is 218 g/mol. The van der Waals surface area contributed by atoms with Gasteiger partial charge in [-0.1, -0.05) is 36.3 Å². The highest BCUT2D eigenvalue weighted by atomic mass is 16.5. The van der Waals surface area contributed by atoms with Crippen molar-refractivity contribution in [3.05, 3.63) is 51.5 Å². The highest BCUT2D eigenvalue weighted by molar-refractivity contribution is 5.93. The largest absolute Gasteiger partial charge is 0.466 e. The van der Waals surface area contributed by atoms with E-state index < -0.39 is 5.97 Å². The van der Waals surface area contributed by atoms with Crippen LogP contribution >= 0.6 is 0 Å². The monoisotopic (exact) mass is 231 g/mol. The van der Waals surface area contributed by atoms with Crippen molar-refractivity contribution in [3.63, 3.8) is 0 Å². The molecule has 0 radical (unpaired) electrons. The van der Waals surface area contributed by atoms with Crippen molar-refractivity contribution in [2.75, 3.05) is 7.11 Å². The van der Waals surface area contributed by atoms with Gasteiger partial charge in [0.25, 0.3) is 0 Å². The maximum atomic E-state index is 11.3. The zero-order valence-corrected chi connectivity index (χ0v) is 9.75. The van der Waals surface area contributed by atoms with E-state index in [-0.39, 0.29) is 5.70 Å². The standard InChI is InChI=1S/C12H13N3O2/c1-3-9-4-6-10(7-5-9)8-11(14-15-13)12(16)17-2/h4-8H,3H2,1-2H3/b11-8+. The molecule has 0 aliphatic heterocycles. The van der Waals surface area contributed by atoms with Gasteiger partial charge in [0.05, 0.1) is 7.11 Å². The van der Waals surface area contributed by atoms with Crippen LogP contribution in [0, 0.1) is 0 Å². The van der Waals surface area contributed by atoms with Gasteiger partial charge in [-0.2, -0.15) is 0 Å². The van der Waals surface area contributed by atoms with Crippen molar-refractivity contribution in [1.82, 2.24) is 0 Å². The molecule has 0 saturated heterocycles. The highest BCUT2D eigenvalue weighted by Crippen LogP contribution is 2.11. The number of carbonyl (C=O) groups is 1. The van der Waals surface area contributed by atoms with Gasteiger partial charge >= 0.3 is 5.97 Å². The number of aryl methyl sites for hydroxylation is 1. The molecule has 0 heterocycles. The van der Waals surface area contributed by atoms with E-state index in [4.69, 9.17) is 5.53 Å². The summed E-state index contributed by atoms with van der Waals surface area (Å²) in [6.07, 6.45) is 2.44. The summed E-state index contributed by atoms with van der Waals surface area (Å²) in [5.74, 6) is -0.651. The van der Waals surface area contributed by atoms with Gasteiger partial charge in [0, 0.05) is 4.91 Å². The Kier molecular flexibility index (Phi) is 4.78. The molecule has 0 spiro atoms. The Morgan fingerprint density at radius 3 is 2.59 bits per heavy atom. The lowest BCUT2D eigenvalue weighted by Crippen LogP contribution is -2.01. The fraction of sp³-hybridized carbons (Fsp3) is 0.250. The van der Waals surface area contributed by atoms with Crippen LogP contribution in [0.3, 0.4) is 0 Å². The van der Waals surface area contributed by atoms with Crippen LogP contribution < -0.4 is 0 Å². The molecular formula is C12H13N3O2. The van der Waals surface area contributed by atoms with E-state index in [1.165, 1.54) is 18.7 Å². The number of hydrogen-bond acceptors (Lipinski definition) is 3. The van der Waals surface area contributed by atoms with E-state index in [0.717, 1.165) is 12.0 Å². The number of nitrogens with zero attached hydrogens (tertiary/aromatic N) is 3. The molecule has 0 unspecified atom stereocenters. The van der Waals surface area contributed by atoms with Gasteiger partial charge in [-0.3, -0.25) is 0 Å². The Morgan fingerprint density at radius 2 is 2.12 bits per heavy atom. The fourth-order valence-electron chi connectivity index (χ4n) is 1.29. The number of carbonyl (C=O) groups excluding carboxylic acids is 1. The molecule has 1 rings (SSSR count). The van der Waals surface area contributed by atoms with Crippen molar-refractivity contribution >= 4 is 12.0 Å². The molecule has 88 valence electrons. The summed E-state index contributed by atoms with van der Waals surface area (Å²) < 4.78 is 4.51. The summed E-state index contributed by atoms with van der Waals surface area (Å²) in [4.78, 5) is 13.9. The molecule has 1 aromatic carbocycles. The first-order valence-electron chi connectivity index (χ1n) is 5.15. The maximum Gasteiger partial charge on any atom is 0.340 e. The summed E-state index contributed by atoms with van der Waals surface area (Å²) in [7, 11) is 1.24. The van der Waals surface area contributed by atoms with E-state index in [1.54, 1.807) is 0 Å². The van der Waals surface area contributed by atoms with Crippen LogP contribution in [0.1, 0.15) is 18.1 Å². The van der Waals surface area contributed by atoms with Crippen molar-refractivity contribution in [1.29, 1.82) is 0 Å². The summed E-state index contributed by atoms with van der Waals surface area (Å²) in [6, 6.07) is 7.62. The smallest absolute Gasteiger partial charge is 0.340 e. The zero-order chi connectivity index (χ0) is 12.7. The lowest BCUT2D eigenvalue weighted by molar-refractivity contribution is -0.136. The van der Waals surface area contributed by atoms with Crippen LogP contribution in [0.15, 0.2) is 35.1 Å². The first-order valence-corrected chi connectivity index (χ1v) is 5.15. The molecule has 0 aliphatic carbocycles. The van der Waals surface area contributed by atoms with Gasteiger partial charge in [-0.25, -0.2) is 4.79 Å². The number of rotatable bonds is 4. The quantitative estimate of drug-likeness (QED) is 0.262. The van der Waals surface area contributed by atoms with E-state index >= 15 is 0 Å². The molecule has 0 aromatic heterocycles. The molecule has 0 fully saturated rings. The van der Waals surface area contributed by atoms with Crippen molar-refractivity contribution in [2.45, 2.75) is 13.3 Å². The van der Waals surface area contributed by atoms with E-state index in [0.29, 0.717) is 0 Å². The number of methoxy groups -OCH3 is 1. The summed E-state index contributed by atoms with van der Waals surface area (Å²) in [6.45, 7) is 2.06. The van der Waals surface area contributed by atoms with Gasteiger partial charge in [0.1, 0.15) is 5.70 Å². The minimum Gasteiger partial charge on any atom is -0.466 e. The Morgan fingerprint density at radius 1 is 1.47 bits per heavy atom. The predicted molar refractivity (Wildman–Crippen MR) is 65.0 cm³/mol. The van der Waals surface area contributed by atoms with Crippen LogP contribution in [0.25, 0.3) is 16.5 Å². The number of esters is 1. The first kappa shape index (κ1) is 12.8. The Labute approximate surface area is 99.3 Å². The number of ether oxygens (including phenoxy) is 1. The van der Waals surface area contributed by atoms with E-state index in [9.17, 15) is 4.79 Å². The number of azide groups is 1. The normalized spacial score (nSPS) is 10.6. The van der Waals surface area contributed by atoms with E-state index in [2.05, 4.69) is 21.7 Å².